The number of rotatable bonds is 3. The predicted octanol–water partition coefficient (Wildman–Crippen LogP) is 0.782. The summed E-state index contributed by atoms with van der Waals surface area (Å²) in [5.41, 5.74) is -0.265. The van der Waals surface area contributed by atoms with Crippen molar-refractivity contribution in [3.8, 4) is 0 Å². The third kappa shape index (κ3) is 2.77. The Morgan fingerprint density at radius 3 is 2.59 bits per heavy atom. The number of carboxylic acids is 1. The maximum absolute atomic E-state index is 12.0. The predicted molar refractivity (Wildman–Crippen MR) is 60.5 cm³/mol. The Bertz CT molecular complexity index is 322. The summed E-state index contributed by atoms with van der Waals surface area (Å²) in [5.74, 6) is -1.29. The van der Waals surface area contributed by atoms with Gasteiger partial charge in [-0.1, -0.05) is 0 Å². The van der Waals surface area contributed by atoms with Gasteiger partial charge < -0.3 is 15.2 Å². The van der Waals surface area contributed by atoms with E-state index in [9.17, 15) is 9.59 Å². The van der Waals surface area contributed by atoms with Gasteiger partial charge in [-0.3, -0.25) is 9.59 Å². The van der Waals surface area contributed by atoms with Gasteiger partial charge in [0.1, 0.15) is 0 Å². The molecule has 1 saturated heterocycles. The van der Waals surface area contributed by atoms with Crippen molar-refractivity contribution in [1.29, 1.82) is 0 Å². The molecule has 0 radical (unpaired) electrons. The summed E-state index contributed by atoms with van der Waals surface area (Å²) < 4.78 is 5.27. The van der Waals surface area contributed by atoms with Crippen LogP contribution in [0.25, 0.3) is 0 Å². The molecule has 2 rings (SSSR count). The first-order valence-corrected chi connectivity index (χ1v) is 6.13. The lowest BCUT2D eigenvalue weighted by Crippen LogP contribution is -2.48. The van der Waals surface area contributed by atoms with Crippen molar-refractivity contribution in [2.24, 2.45) is 11.8 Å². The van der Waals surface area contributed by atoms with Gasteiger partial charge in [0.05, 0.1) is 18.1 Å². The van der Waals surface area contributed by atoms with E-state index >= 15 is 0 Å². The van der Waals surface area contributed by atoms with Gasteiger partial charge >= 0.3 is 5.97 Å². The van der Waals surface area contributed by atoms with Crippen LogP contribution in [0.5, 0.6) is 0 Å². The Morgan fingerprint density at radius 1 is 1.35 bits per heavy atom. The molecule has 0 aromatic heterocycles. The third-order valence-corrected chi connectivity index (χ3v) is 3.80. The van der Waals surface area contributed by atoms with E-state index in [1.54, 1.807) is 0 Å². The van der Waals surface area contributed by atoms with E-state index < -0.39 is 5.97 Å². The molecule has 2 aliphatic rings. The molecule has 0 aromatic carbocycles. The molecule has 0 spiro atoms. The fourth-order valence-electron chi connectivity index (χ4n) is 2.61. The van der Waals surface area contributed by atoms with E-state index in [4.69, 9.17) is 9.84 Å². The Kier molecular flexibility index (Phi) is 3.38. The highest BCUT2D eigenvalue weighted by molar-refractivity contribution is 5.81. The lowest BCUT2D eigenvalue weighted by atomic mass is 9.98. The van der Waals surface area contributed by atoms with Gasteiger partial charge in [0, 0.05) is 12.5 Å². The average Bonchev–Trinajstić information content (AvgIpc) is 2.86. The zero-order valence-corrected chi connectivity index (χ0v) is 10.1. The van der Waals surface area contributed by atoms with Crippen LogP contribution in [0.2, 0.25) is 0 Å². The molecule has 5 nitrogen and oxygen atoms in total. The highest BCUT2D eigenvalue weighted by Gasteiger charge is 2.38. The first-order valence-electron chi connectivity index (χ1n) is 6.13. The standard InChI is InChI=1S/C12H19NO4/c1-12(4-5-17-7-12)13-10(14)8-2-3-9(6-8)11(15)16/h8-9H,2-7H2,1H3,(H,13,14)(H,15,16)/t8-,9+,12?/m1/s1. The molecule has 0 aromatic rings. The van der Waals surface area contributed by atoms with Crippen molar-refractivity contribution in [3.63, 3.8) is 0 Å². The Balaban J connectivity index is 1.87. The average molecular weight is 241 g/mol. The summed E-state index contributed by atoms with van der Waals surface area (Å²) in [6, 6.07) is 0. The highest BCUT2D eigenvalue weighted by atomic mass is 16.5. The van der Waals surface area contributed by atoms with E-state index in [-0.39, 0.29) is 23.3 Å². The van der Waals surface area contributed by atoms with Gasteiger partial charge in [-0.2, -0.15) is 0 Å². The molecular formula is C12H19NO4. The first kappa shape index (κ1) is 12.4. The number of aliphatic carboxylic acids is 1. The molecule has 1 amide bonds. The van der Waals surface area contributed by atoms with Gasteiger partial charge in [-0.05, 0) is 32.6 Å². The summed E-state index contributed by atoms with van der Waals surface area (Å²) in [4.78, 5) is 22.8. The smallest absolute Gasteiger partial charge is 0.306 e. The lowest BCUT2D eigenvalue weighted by Gasteiger charge is -2.25. The summed E-state index contributed by atoms with van der Waals surface area (Å²) in [5, 5.41) is 11.9. The number of carbonyl (C=O) groups is 2. The number of hydrogen-bond acceptors (Lipinski definition) is 3. The number of nitrogens with one attached hydrogen (secondary N) is 1. The van der Waals surface area contributed by atoms with Crippen LogP contribution in [-0.2, 0) is 14.3 Å². The molecule has 2 fully saturated rings. The SMILES string of the molecule is CC1(NC(=O)[C@@H]2CC[C@H](C(=O)O)C2)CCOC1. The highest BCUT2D eigenvalue weighted by Crippen LogP contribution is 2.32. The van der Waals surface area contributed by atoms with E-state index in [0.29, 0.717) is 32.5 Å². The van der Waals surface area contributed by atoms with Gasteiger partial charge in [-0.25, -0.2) is 0 Å². The van der Waals surface area contributed by atoms with Crippen molar-refractivity contribution in [2.45, 2.75) is 38.1 Å². The molecule has 3 atom stereocenters. The van der Waals surface area contributed by atoms with Gasteiger partial charge in [-0.15, -0.1) is 0 Å². The van der Waals surface area contributed by atoms with Crippen LogP contribution in [0.3, 0.4) is 0 Å². The van der Waals surface area contributed by atoms with E-state index in [1.165, 1.54) is 0 Å². The number of hydrogen-bond donors (Lipinski definition) is 2. The summed E-state index contributed by atoms with van der Waals surface area (Å²) in [6.45, 7) is 3.20. The maximum Gasteiger partial charge on any atom is 0.306 e. The zero-order chi connectivity index (χ0) is 12.5. The van der Waals surface area contributed by atoms with E-state index in [0.717, 1.165) is 6.42 Å². The van der Waals surface area contributed by atoms with Gasteiger partial charge in [0.25, 0.3) is 0 Å². The topological polar surface area (TPSA) is 75.6 Å². The van der Waals surface area contributed by atoms with Crippen molar-refractivity contribution < 1.29 is 19.4 Å². The fraction of sp³-hybridized carbons (Fsp3) is 0.833. The molecular weight excluding hydrogens is 222 g/mol. The second kappa shape index (κ2) is 4.64. The molecule has 1 aliphatic carbocycles. The fourth-order valence-corrected chi connectivity index (χ4v) is 2.61. The van der Waals surface area contributed by atoms with Crippen LogP contribution >= 0.6 is 0 Å². The van der Waals surface area contributed by atoms with Crippen LogP contribution in [0, 0.1) is 11.8 Å². The molecule has 1 heterocycles. The molecule has 2 N–H and O–H groups in total. The molecule has 96 valence electrons. The molecule has 1 unspecified atom stereocenters. The van der Waals surface area contributed by atoms with Gasteiger partial charge in [0.15, 0.2) is 0 Å². The van der Waals surface area contributed by atoms with Crippen LogP contribution in [0.1, 0.15) is 32.6 Å². The Hall–Kier alpha value is -1.10. The van der Waals surface area contributed by atoms with Crippen LogP contribution in [-0.4, -0.2) is 35.7 Å². The second-order valence-corrected chi connectivity index (χ2v) is 5.40. The van der Waals surface area contributed by atoms with E-state index in [2.05, 4.69) is 5.32 Å². The molecule has 0 bridgehead atoms. The largest absolute Gasteiger partial charge is 0.481 e. The van der Waals surface area contributed by atoms with Crippen LogP contribution in [0.15, 0.2) is 0 Å². The summed E-state index contributed by atoms with van der Waals surface area (Å²) >= 11 is 0. The number of ether oxygens (including phenoxy) is 1. The third-order valence-electron chi connectivity index (χ3n) is 3.80. The van der Waals surface area contributed by atoms with Crippen LogP contribution < -0.4 is 5.32 Å². The monoisotopic (exact) mass is 241 g/mol. The number of carbonyl (C=O) groups excluding carboxylic acids is 1. The molecule has 1 aliphatic heterocycles. The minimum atomic E-state index is -0.782. The summed E-state index contributed by atoms with van der Waals surface area (Å²) in [7, 11) is 0. The van der Waals surface area contributed by atoms with Gasteiger partial charge in [0.2, 0.25) is 5.91 Å². The van der Waals surface area contributed by atoms with Crippen molar-refractivity contribution in [2.75, 3.05) is 13.2 Å². The second-order valence-electron chi connectivity index (χ2n) is 5.40. The number of carboxylic acid groups (broad SMARTS) is 1. The van der Waals surface area contributed by atoms with Crippen LogP contribution in [0.4, 0.5) is 0 Å². The Morgan fingerprint density at radius 2 is 2.06 bits per heavy atom. The summed E-state index contributed by atoms with van der Waals surface area (Å²) in [6.07, 6.45) is 2.59. The van der Waals surface area contributed by atoms with Crippen molar-refractivity contribution in [1.82, 2.24) is 5.32 Å². The minimum Gasteiger partial charge on any atom is -0.481 e. The van der Waals surface area contributed by atoms with E-state index in [1.807, 2.05) is 6.92 Å². The quantitative estimate of drug-likeness (QED) is 0.765. The first-order chi connectivity index (χ1) is 8.00. The normalized spacial score (nSPS) is 37.0. The maximum atomic E-state index is 12.0. The molecule has 1 saturated carbocycles. The molecule has 17 heavy (non-hydrogen) atoms. The minimum absolute atomic E-state index is 0.0123. The van der Waals surface area contributed by atoms with Crippen molar-refractivity contribution >= 4 is 11.9 Å². The van der Waals surface area contributed by atoms with Crippen molar-refractivity contribution in [3.05, 3.63) is 0 Å². The molecule has 5 heteroatoms. The number of amides is 1. The Labute approximate surface area is 101 Å². The zero-order valence-electron chi connectivity index (χ0n) is 10.1. The lowest BCUT2D eigenvalue weighted by molar-refractivity contribution is -0.141.